The van der Waals surface area contributed by atoms with Crippen molar-refractivity contribution in [3.8, 4) is 0 Å². The second kappa shape index (κ2) is 6.37. The summed E-state index contributed by atoms with van der Waals surface area (Å²) in [5, 5.41) is 2.66. The van der Waals surface area contributed by atoms with Crippen molar-refractivity contribution < 1.29 is 14.3 Å². The number of carbonyl (C=O) groups excluding carboxylic acids is 1. The highest BCUT2D eigenvalue weighted by Crippen LogP contribution is 2.25. The highest BCUT2D eigenvalue weighted by Gasteiger charge is 2.15. The first kappa shape index (κ1) is 12.9. The van der Waals surface area contributed by atoms with Gasteiger partial charge in [0.2, 0.25) is 6.41 Å². The Labute approximate surface area is 107 Å². The molecule has 1 N–H and O–H groups in total. The molecule has 0 bridgehead atoms. The SMILES string of the molecule is COCc1cc(NC=O)ccc1N1CCOCC1. The van der Waals surface area contributed by atoms with Gasteiger partial charge in [0, 0.05) is 37.1 Å². The third-order valence-electron chi connectivity index (χ3n) is 2.96. The van der Waals surface area contributed by atoms with Crippen molar-refractivity contribution in [2.75, 3.05) is 43.6 Å². The standard InChI is InChI=1S/C13H18N2O3/c1-17-9-11-8-12(14-10-16)2-3-13(11)15-4-6-18-7-5-15/h2-3,8,10H,4-7,9H2,1H3,(H,14,16). The molecule has 5 nitrogen and oxygen atoms in total. The van der Waals surface area contributed by atoms with Crippen molar-refractivity contribution in [2.45, 2.75) is 6.61 Å². The van der Waals surface area contributed by atoms with E-state index in [0.29, 0.717) is 13.0 Å². The Hall–Kier alpha value is -1.59. The number of hydrogen-bond acceptors (Lipinski definition) is 4. The quantitative estimate of drug-likeness (QED) is 0.799. The van der Waals surface area contributed by atoms with Gasteiger partial charge in [0.1, 0.15) is 0 Å². The zero-order valence-electron chi connectivity index (χ0n) is 10.5. The summed E-state index contributed by atoms with van der Waals surface area (Å²) in [7, 11) is 1.67. The van der Waals surface area contributed by atoms with Crippen LogP contribution < -0.4 is 10.2 Å². The molecule has 18 heavy (non-hydrogen) atoms. The van der Waals surface area contributed by atoms with E-state index >= 15 is 0 Å². The molecule has 1 amide bonds. The summed E-state index contributed by atoms with van der Waals surface area (Å²) in [6.07, 6.45) is 0.681. The first-order valence-corrected chi connectivity index (χ1v) is 6.00. The number of methoxy groups -OCH3 is 1. The number of nitrogens with one attached hydrogen (secondary N) is 1. The van der Waals surface area contributed by atoms with Crippen LogP contribution in [0.5, 0.6) is 0 Å². The normalized spacial score (nSPS) is 15.5. The highest BCUT2D eigenvalue weighted by molar-refractivity contribution is 5.73. The molecule has 1 saturated heterocycles. The van der Waals surface area contributed by atoms with Crippen LogP contribution in [0.1, 0.15) is 5.56 Å². The van der Waals surface area contributed by atoms with Gasteiger partial charge in [-0.05, 0) is 18.2 Å². The number of amides is 1. The molecule has 98 valence electrons. The maximum Gasteiger partial charge on any atom is 0.211 e. The molecule has 0 radical (unpaired) electrons. The van der Waals surface area contributed by atoms with Gasteiger partial charge in [-0.15, -0.1) is 0 Å². The molecule has 1 aliphatic rings. The summed E-state index contributed by atoms with van der Waals surface area (Å²) in [5.41, 5.74) is 3.01. The zero-order valence-corrected chi connectivity index (χ0v) is 10.5. The van der Waals surface area contributed by atoms with Crippen LogP contribution in [0.2, 0.25) is 0 Å². The summed E-state index contributed by atoms with van der Waals surface area (Å²) in [5.74, 6) is 0. The van der Waals surface area contributed by atoms with E-state index < -0.39 is 0 Å². The smallest absolute Gasteiger partial charge is 0.211 e. The molecule has 0 spiro atoms. The van der Waals surface area contributed by atoms with Gasteiger partial charge >= 0.3 is 0 Å². The number of hydrogen-bond donors (Lipinski definition) is 1. The molecule has 1 aromatic rings. The van der Waals surface area contributed by atoms with E-state index in [1.165, 1.54) is 0 Å². The fraction of sp³-hybridized carbons (Fsp3) is 0.462. The van der Waals surface area contributed by atoms with Crippen LogP contribution in [-0.2, 0) is 20.9 Å². The molecular weight excluding hydrogens is 232 g/mol. The van der Waals surface area contributed by atoms with Crippen LogP contribution in [0.3, 0.4) is 0 Å². The van der Waals surface area contributed by atoms with Gasteiger partial charge in [0.15, 0.2) is 0 Å². The van der Waals surface area contributed by atoms with Crippen molar-refractivity contribution in [1.29, 1.82) is 0 Å². The maximum absolute atomic E-state index is 10.5. The van der Waals surface area contributed by atoms with E-state index in [0.717, 1.165) is 43.2 Å². The fourth-order valence-corrected chi connectivity index (χ4v) is 2.13. The molecule has 1 aliphatic heterocycles. The molecule has 5 heteroatoms. The predicted molar refractivity (Wildman–Crippen MR) is 69.9 cm³/mol. The Bertz CT molecular complexity index is 403. The van der Waals surface area contributed by atoms with E-state index in [9.17, 15) is 4.79 Å². The molecule has 1 fully saturated rings. The molecule has 0 aromatic heterocycles. The van der Waals surface area contributed by atoms with Crippen LogP contribution in [0.4, 0.5) is 11.4 Å². The third-order valence-corrected chi connectivity index (χ3v) is 2.96. The number of benzene rings is 1. The summed E-state index contributed by atoms with van der Waals surface area (Å²) >= 11 is 0. The van der Waals surface area contributed by atoms with E-state index in [4.69, 9.17) is 9.47 Å². The second-order valence-corrected chi connectivity index (χ2v) is 4.14. The minimum atomic E-state index is 0.529. The molecule has 0 aliphatic carbocycles. The van der Waals surface area contributed by atoms with E-state index in [1.54, 1.807) is 7.11 Å². The highest BCUT2D eigenvalue weighted by atomic mass is 16.5. The van der Waals surface area contributed by atoms with Crippen molar-refractivity contribution in [1.82, 2.24) is 0 Å². The Morgan fingerprint density at radius 2 is 2.22 bits per heavy atom. The third kappa shape index (κ3) is 3.00. The largest absolute Gasteiger partial charge is 0.380 e. The molecular formula is C13H18N2O3. The van der Waals surface area contributed by atoms with Gasteiger partial charge < -0.3 is 19.7 Å². The fourth-order valence-electron chi connectivity index (χ4n) is 2.13. The first-order valence-electron chi connectivity index (χ1n) is 6.00. The van der Waals surface area contributed by atoms with Crippen molar-refractivity contribution in [3.05, 3.63) is 23.8 Å². The van der Waals surface area contributed by atoms with Crippen LogP contribution in [-0.4, -0.2) is 39.8 Å². The van der Waals surface area contributed by atoms with Gasteiger partial charge in [-0.3, -0.25) is 4.79 Å². The van der Waals surface area contributed by atoms with E-state index in [-0.39, 0.29) is 0 Å². The lowest BCUT2D eigenvalue weighted by Crippen LogP contribution is -2.36. The monoisotopic (exact) mass is 250 g/mol. The first-order chi connectivity index (χ1) is 8.85. The molecule has 0 saturated carbocycles. The van der Waals surface area contributed by atoms with Gasteiger partial charge in [0.05, 0.1) is 19.8 Å². The number of nitrogens with zero attached hydrogens (tertiary/aromatic N) is 1. The van der Waals surface area contributed by atoms with Gasteiger partial charge in [-0.2, -0.15) is 0 Å². The lowest BCUT2D eigenvalue weighted by molar-refractivity contribution is -0.105. The van der Waals surface area contributed by atoms with Crippen LogP contribution in [0.15, 0.2) is 18.2 Å². The molecule has 0 atom stereocenters. The molecule has 2 rings (SSSR count). The molecule has 1 aromatic carbocycles. The summed E-state index contributed by atoms with van der Waals surface area (Å²) in [6.45, 7) is 3.80. The predicted octanol–water partition coefficient (Wildman–Crippen LogP) is 1.24. The number of rotatable bonds is 5. The van der Waals surface area contributed by atoms with Gasteiger partial charge in [0.25, 0.3) is 0 Å². The second-order valence-electron chi connectivity index (χ2n) is 4.14. The molecule has 0 unspecified atom stereocenters. The van der Waals surface area contributed by atoms with Crippen molar-refractivity contribution in [2.24, 2.45) is 0 Å². The zero-order chi connectivity index (χ0) is 12.8. The molecule has 1 heterocycles. The number of carbonyl (C=O) groups is 1. The summed E-state index contributed by atoms with van der Waals surface area (Å²) in [6, 6.07) is 5.87. The van der Waals surface area contributed by atoms with Gasteiger partial charge in [-0.1, -0.05) is 0 Å². The van der Waals surface area contributed by atoms with Crippen LogP contribution in [0, 0.1) is 0 Å². The Kier molecular flexibility index (Phi) is 4.55. The topological polar surface area (TPSA) is 50.8 Å². The van der Waals surface area contributed by atoms with Crippen LogP contribution in [0.25, 0.3) is 0 Å². The lowest BCUT2D eigenvalue weighted by Gasteiger charge is -2.30. The average molecular weight is 250 g/mol. The van der Waals surface area contributed by atoms with E-state index in [1.807, 2.05) is 18.2 Å². The van der Waals surface area contributed by atoms with Crippen LogP contribution >= 0.6 is 0 Å². The lowest BCUT2D eigenvalue weighted by atomic mass is 10.1. The Morgan fingerprint density at radius 3 is 2.89 bits per heavy atom. The minimum absolute atomic E-state index is 0.529. The average Bonchev–Trinajstić information content (AvgIpc) is 2.41. The summed E-state index contributed by atoms with van der Waals surface area (Å²) < 4.78 is 10.6. The van der Waals surface area contributed by atoms with Gasteiger partial charge in [-0.25, -0.2) is 0 Å². The minimum Gasteiger partial charge on any atom is -0.380 e. The van der Waals surface area contributed by atoms with Crippen molar-refractivity contribution >= 4 is 17.8 Å². The maximum atomic E-state index is 10.5. The number of ether oxygens (including phenoxy) is 2. The van der Waals surface area contributed by atoms with Crippen molar-refractivity contribution in [3.63, 3.8) is 0 Å². The summed E-state index contributed by atoms with van der Waals surface area (Å²) in [4.78, 5) is 12.7. The Balaban J connectivity index is 2.23. The Morgan fingerprint density at radius 1 is 1.44 bits per heavy atom. The number of morpholine rings is 1. The number of anilines is 2. The van der Waals surface area contributed by atoms with E-state index in [2.05, 4.69) is 10.2 Å².